The van der Waals surface area contributed by atoms with Crippen LogP contribution < -0.4 is 14.9 Å². The Kier molecular flexibility index (Phi) is 10.9. The standard InChI is InChI=1S/C33H40O18/c1-11-21(36)25(40)28(43)31(46-11)49-15-7-17(35)20-18(8-15)45-10-16(23(20)38)13-3-5-14(6-4-13)48-33-30(27(42)24(39)19(9-34)50-33)51-32-29(44)26(41)22(37)12(2)47-32/h3-8,10-12,19,21-22,24-37,39-44H,9H2,1-2H3/t11-,12+,19-,21+,22+,24-,25-,26-,27+,28-,29-,30-,31+,32+,33-/m1/s1. The van der Waals surface area contributed by atoms with Crippen molar-refractivity contribution in [1.82, 2.24) is 0 Å². The monoisotopic (exact) mass is 724 g/mol. The molecule has 0 spiro atoms. The summed E-state index contributed by atoms with van der Waals surface area (Å²) in [6.45, 7) is 2.21. The summed E-state index contributed by atoms with van der Waals surface area (Å²) in [6, 6.07) is 8.20. The molecule has 3 aliphatic heterocycles. The lowest BCUT2D eigenvalue weighted by atomic mass is 9.97. The first-order valence-corrected chi connectivity index (χ1v) is 16.1. The summed E-state index contributed by atoms with van der Waals surface area (Å²) in [4.78, 5) is 13.5. The Morgan fingerprint density at radius 1 is 0.667 bits per heavy atom. The number of ether oxygens (including phenoxy) is 6. The highest BCUT2D eigenvalue weighted by atomic mass is 16.8. The van der Waals surface area contributed by atoms with Crippen molar-refractivity contribution < 1.29 is 83.9 Å². The van der Waals surface area contributed by atoms with Crippen LogP contribution in [0.4, 0.5) is 0 Å². The lowest BCUT2D eigenvalue weighted by molar-refractivity contribution is -0.354. The third kappa shape index (κ3) is 7.16. The average Bonchev–Trinajstić information content (AvgIpc) is 3.11. The molecule has 18 nitrogen and oxygen atoms in total. The van der Waals surface area contributed by atoms with Gasteiger partial charge >= 0.3 is 0 Å². The van der Waals surface area contributed by atoms with Crippen molar-refractivity contribution >= 4 is 11.0 Å². The quantitative estimate of drug-likeness (QED) is 0.114. The van der Waals surface area contributed by atoms with E-state index in [1.54, 1.807) is 0 Å². The van der Waals surface area contributed by atoms with Gasteiger partial charge in [-0.3, -0.25) is 4.79 Å². The fourth-order valence-electron chi connectivity index (χ4n) is 6.14. The number of phenolic OH excluding ortho intramolecular Hbond substituents is 1. The zero-order valence-electron chi connectivity index (χ0n) is 27.1. The number of fused-ring (bicyclic) bond motifs is 1. The van der Waals surface area contributed by atoms with Crippen LogP contribution in [-0.2, 0) is 18.9 Å². The van der Waals surface area contributed by atoms with Gasteiger partial charge in [-0.2, -0.15) is 0 Å². The summed E-state index contributed by atoms with van der Waals surface area (Å²) in [5, 5.41) is 102. The molecule has 6 rings (SSSR count). The fourth-order valence-corrected chi connectivity index (χ4v) is 6.14. The van der Waals surface area contributed by atoms with Gasteiger partial charge in [0.25, 0.3) is 0 Å². The minimum absolute atomic E-state index is 0.0438. The highest BCUT2D eigenvalue weighted by Crippen LogP contribution is 2.34. The van der Waals surface area contributed by atoms with Gasteiger partial charge in [0.1, 0.15) is 89.4 Å². The Morgan fingerprint density at radius 2 is 1.25 bits per heavy atom. The molecule has 3 aromatic rings. The van der Waals surface area contributed by atoms with E-state index < -0.39 is 110 Å². The summed E-state index contributed by atoms with van der Waals surface area (Å²) >= 11 is 0. The molecule has 0 saturated carbocycles. The Balaban J connectivity index is 1.20. The minimum atomic E-state index is -1.74. The molecular formula is C33H40O18. The molecule has 280 valence electrons. The second-order valence-corrected chi connectivity index (χ2v) is 12.7. The molecule has 4 heterocycles. The molecule has 15 atom stereocenters. The van der Waals surface area contributed by atoms with Gasteiger partial charge in [-0.15, -0.1) is 0 Å². The van der Waals surface area contributed by atoms with Gasteiger partial charge in [0.15, 0.2) is 12.4 Å². The number of aromatic hydroxyl groups is 1. The van der Waals surface area contributed by atoms with E-state index in [-0.39, 0.29) is 28.0 Å². The normalized spacial score (nSPS) is 38.8. The SMILES string of the molecule is C[C@@H]1O[C@@H](O[C@H]2[C@H](Oc3ccc(-c4coc5cc(O[C@@H]6O[C@H](C)[C@H](O)[C@@H](O)[C@H]6O)cc(O)c5c4=O)cc3)O[C@H](CO)[C@@H](O)[C@@H]2O)[C@H](O)[C@H](O)[C@H]1O. The molecule has 0 amide bonds. The van der Waals surface area contributed by atoms with Crippen LogP contribution in [0.5, 0.6) is 17.2 Å². The number of aliphatic hydroxyl groups is 9. The molecule has 0 bridgehead atoms. The van der Waals surface area contributed by atoms with E-state index in [9.17, 15) is 55.9 Å². The maximum atomic E-state index is 13.5. The maximum absolute atomic E-state index is 13.5. The van der Waals surface area contributed by atoms with Gasteiger partial charge in [-0.05, 0) is 31.5 Å². The summed E-state index contributed by atoms with van der Waals surface area (Å²) in [5.74, 6) is -0.459. The van der Waals surface area contributed by atoms with Crippen LogP contribution in [0.3, 0.4) is 0 Å². The van der Waals surface area contributed by atoms with Gasteiger partial charge in [0.05, 0.1) is 24.4 Å². The van der Waals surface area contributed by atoms with Crippen molar-refractivity contribution in [3.63, 3.8) is 0 Å². The third-order valence-electron chi connectivity index (χ3n) is 9.23. The molecule has 3 aliphatic rings. The van der Waals surface area contributed by atoms with Gasteiger partial charge in [-0.1, -0.05) is 12.1 Å². The molecule has 3 fully saturated rings. The molecule has 1 aromatic heterocycles. The second kappa shape index (κ2) is 14.9. The van der Waals surface area contributed by atoms with Gasteiger partial charge in [0, 0.05) is 12.1 Å². The van der Waals surface area contributed by atoms with Crippen LogP contribution in [0.25, 0.3) is 22.1 Å². The average molecular weight is 725 g/mol. The van der Waals surface area contributed by atoms with E-state index in [1.165, 1.54) is 44.2 Å². The number of hydrogen-bond acceptors (Lipinski definition) is 18. The lowest BCUT2D eigenvalue weighted by Crippen LogP contribution is -2.64. The topological polar surface area (TPSA) is 288 Å². The predicted octanol–water partition coefficient (Wildman–Crippen LogP) is -2.60. The fraction of sp³-hybridized carbons (Fsp3) is 0.545. The van der Waals surface area contributed by atoms with E-state index in [1.807, 2.05) is 0 Å². The smallest absolute Gasteiger partial charge is 0.229 e. The molecule has 0 aliphatic carbocycles. The lowest BCUT2D eigenvalue weighted by Gasteiger charge is -2.45. The van der Waals surface area contributed by atoms with Crippen LogP contribution in [0.15, 0.2) is 51.9 Å². The minimum Gasteiger partial charge on any atom is -0.507 e. The predicted molar refractivity (Wildman–Crippen MR) is 168 cm³/mol. The van der Waals surface area contributed by atoms with Crippen LogP contribution in [-0.4, -0.2) is 150 Å². The Bertz CT molecular complexity index is 1720. The first kappa shape index (κ1) is 37.3. The van der Waals surface area contributed by atoms with E-state index >= 15 is 0 Å². The zero-order valence-corrected chi connectivity index (χ0v) is 27.1. The molecule has 18 heteroatoms. The molecule has 3 saturated heterocycles. The first-order valence-electron chi connectivity index (χ1n) is 16.1. The summed E-state index contributed by atoms with van der Waals surface area (Å²) in [7, 11) is 0. The number of hydrogen-bond donors (Lipinski definition) is 10. The summed E-state index contributed by atoms with van der Waals surface area (Å²) < 4.78 is 39.4. The van der Waals surface area contributed by atoms with Crippen LogP contribution >= 0.6 is 0 Å². The summed E-state index contributed by atoms with van der Waals surface area (Å²) in [5.41, 5.74) is -0.308. The van der Waals surface area contributed by atoms with Gasteiger partial charge in [0.2, 0.25) is 18.0 Å². The number of benzene rings is 2. The van der Waals surface area contributed by atoms with Crippen LogP contribution in [0, 0.1) is 0 Å². The second-order valence-electron chi connectivity index (χ2n) is 12.7. The highest BCUT2D eigenvalue weighted by Gasteiger charge is 2.51. The van der Waals surface area contributed by atoms with Crippen molar-refractivity contribution in [1.29, 1.82) is 0 Å². The highest BCUT2D eigenvalue weighted by molar-refractivity contribution is 5.88. The Hall–Kier alpha value is -3.47. The van der Waals surface area contributed by atoms with Gasteiger partial charge in [-0.25, -0.2) is 0 Å². The number of rotatable bonds is 8. The summed E-state index contributed by atoms with van der Waals surface area (Å²) in [6.07, 6.45) is -20.7. The van der Waals surface area contributed by atoms with Crippen molar-refractivity contribution in [3.05, 3.63) is 52.9 Å². The Morgan fingerprint density at radius 3 is 1.88 bits per heavy atom. The largest absolute Gasteiger partial charge is 0.507 e. The van der Waals surface area contributed by atoms with E-state index in [0.29, 0.717) is 5.56 Å². The first-order chi connectivity index (χ1) is 24.2. The van der Waals surface area contributed by atoms with Crippen molar-refractivity contribution in [3.8, 4) is 28.4 Å². The molecular weight excluding hydrogens is 684 g/mol. The molecule has 0 unspecified atom stereocenters. The van der Waals surface area contributed by atoms with E-state index in [0.717, 1.165) is 12.3 Å². The van der Waals surface area contributed by atoms with Crippen LogP contribution in [0.1, 0.15) is 13.8 Å². The van der Waals surface area contributed by atoms with Crippen LogP contribution in [0.2, 0.25) is 0 Å². The maximum Gasteiger partial charge on any atom is 0.229 e. The number of aliphatic hydroxyl groups excluding tert-OH is 9. The van der Waals surface area contributed by atoms with E-state index in [4.69, 9.17) is 32.8 Å². The number of phenols is 1. The van der Waals surface area contributed by atoms with Gasteiger partial charge < -0.3 is 83.9 Å². The van der Waals surface area contributed by atoms with E-state index in [2.05, 4.69) is 0 Å². The Labute approximate surface area is 288 Å². The van der Waals surface area contributed by atoms with Crippen molar-refractivity contribution in [2.75, 3.05) is 6.61 Å². The third-order valence-corrected chi connectivity index (χ3v) is 9.23. The molecule has 10 N–H and O–H groups in total. The van der Waals surface area contributed by atoms with Crippen molar-refractivity contribution in [2.45, 2.75) is 106 Å². The molecule has 51 heavy (non-hydrogen) atoms. The van der Waals surface area contributed by atoms with Crippen molar-refractivity contribution in [2.24, 2.45) is 0 Å². The zero-order chi connectivity index (χ0) is 36.9. The molecule has 2 aromatic carbocycles. The molecule has 0 radical (unpaired) electrons.